The Bertz CT molecular complexity index is 798. The summed E-state index contributed by atoms with van der Waals surface area (Å²) in [7, 11) is -0.948. The Hall–Kier alpha value is -1.95. The fourth-order valence-electron chi connectivity index (χ4n) is 3.21. The summed E-state index contributed by atoms with van der Waals surface area (Å²) in [5.41, 5.74) is 4.38. The average molecular weight is 324 g/mol. The van der Waals surface area contributed by atoms with E-state index in [1.807, 2.05) is 45.0 Å². The van der Waals surface area contributed by atoms with Gasteiger partial charge in [-0.05, 0) is 54.6 Å². The maximum atomic E-state index is 12.5. The van der Waals surface area contributed by atoms with Crippen LogP contribution in [0.4, 0.5) is 0 Å². The highest BCUT2D eigenvalue weighted by molar-refractivity contribution is 6.62. The molecule has 0 atom stereocenters. The van der Waals surface area contributed by atoms with Crippen LogP contribution in [0.3, 0.4) is 0 Å². The molecule has 0 aliphatic carbocycles. The van der Waals surface area contributed by atoms with Crippen molar-refractivity contribution in [2.24, 2.45) is 0 Å². The van der Waals surface area contributed by atoms with E-state index in [9.17, 15) is 14.9 Å². The molecule has 0 saturated carbocycles. The van der Waals surface area contributed by atoms with Crippen LogP contribution in [-0.2, 0) is 23.3 Å². The molecule has 0 spiro atoms. The third kappa shape index (κ3) is 3.03. The van der Waals surface area contributed by atoms with Crippen LogP contribution < -0.4 is 5.46 Å². The van der Waals surface area contributed by atoms with Crippen LogP contribution in [0.5, 0.6) is 0 Å². The molecule has 1 aliphatic heterocycles. The van der Waals surface area contributed by atoms with Crippen LogP contribution >= 0.6 is 0 Å². The van der Waals surface area contributed by atoms with Crippen molar-refractivity contribution in [3.8, 4) is 0 Å². The molecule has 0 fully saturated rings. The van der Waals surface area contributed by atoms with E-state index >= 15 is 0 Å². The molecule has 0 amide bonds. The minimum absolute atomic E-state index is 0.00945. The molecule has 2 N–H and O–H groups in total. The molecule has 0 saturated heterocycles. The molecule has 1 heterocycles. The number of aryl methyl sites for hydroxylation is 1. The summed E-state index contributed by atoms with van der Waals surface area (Å²) < 4.78 is 5.55. The number of aliphatic hydroxyl groups excluding tert-OH is 1. The second-order valence-electron chi connectivity index (χ2n) is 6.80. The van der Waals surface area contributed by atoms with E-state index < -0.39 is 12.7 Å². The number of carbonyl (C=O) groups is 1. The molecule has 5 heteroatoms. The Kier molecular flexibility index (Phi) is 4.34. The van der Waals surface area contributed by atoms with E-state index in [0.29, 0.717) is 5.56 Å². The standard InChI is InChI=1S/C19H21BO4/c1-12-8-14(5-6-15(12)11-21)18(22)10-13-4-7-16-17(9-13)20(23)24-19(16,2)3/h4-9,21,23H,10-11H2,1-3H3. The Labute approximate surface area is 142 Å². The van der Waals surface area contributed by atoms with Crippen LogP contribution in [0.25, 0.3) is 0 Å². The van der Waals surface area contributed by atoms with Crippen LogP contribution in [0.15, 0.2) is 36.4 Å². The lowest BCUT2D eigenvalue weighted by atomic mass is 9.77. The number of carbonyl (C=O) groups excluding carboxylic acids is 1. The van der Waals surface area contributed by atoms with Gasteiger partial charge in [0.15, 0.2) is 5.78 Å². The SMILES string of the molecule is Cc1cc(C(=O)Cc2ccc3c(c2)B(O)OC3(C)C)ccc1CO. The molecule has 0 radical (unpaired) electrons. The molecule has 24 heavy (non-hydrogen) atoms. The summed E-state index contributed by atoms with van der Waals surface area (Å²) >= 11 is 0. The quantitative estimate of drug-likeness (QED) is 0.666. The highest BCUT2D eigenvalue weighted by Gasteiger charge is 2.40. The number of fused-ring (bicyclic) bond motifs is 1. The smallest absolute Gasteiger partial charge is 0.423 e. The number of ketones is 1. The number of rotatable bonds is 4. The molecular weight excluding hydrogens is 303 g/mol. The number of Topliss-reactive ketones (excluding diaryl/α,β-unsaturated/α-hetero) is 1. The van der Waals surface area contributed by atoms with E-state index in [4.69, 9.17) is 4.65 Å². The summed E-state index contributed by atoms with van der Waals surface area (Å²) in [4.78, 5) is 12.5. The van der Waals surface area contributed by atoms with E-state index in [2.05, 4.69) is 0 Å². The first-order valence-electron chi connectivity index (χ1n) is 8.04. The molecule has 0 unspecified atom stereocenters. The van der Waals surface area contributed by atoms with Crippen LogP contribution in [0, 0.1) is 6.92 Å². The lowest BCUT2D eigenvalue weighted by Crippen LogP contribution is -2.29. The molecule has 4 nitrogen and oxygen atoms in total. The fraction of sp³-hybridized carbons (Fsp3) is 0.316. The molecular formula is C19H21BO4. The van der Waals surface area contributed by atoms with Crippen molar-refractivity contribution in [2.75, 3.05) is 0 Å². The van der Waals surface area contributed by atoms with Crippen LogP contribution in [-0.4, -0.2) is 23.0 Å². The van der Waals surface area contributed by atoms with Gasteiger partial charge in [-0.15, -0.1) is 0 Å². The van der Waals surface area contributed by atoms with Gasteiger partial charge in [0.2, 0.25) is 0 Å². The number of hydrogen-bond acceptors (Lipinski definition) is 4. The normalized spacial score (nSPS) is 15.5. The number of benzene rings is 2. The molecule has 124 valence electrons. The van der Waals surface area contributed by atoms with Crippen molar-refractivity contribution in [3.63, 3.8) is 0 Å². The molecule has 2 aromatic carbocycles. The average Bonchev–Trinajstić information content (AvgIpc) is 2.76. The molecule has 0 bridgehead atoms. The van der Waals surface area contributed by atoms with Gasteiger partial charge < -0.3 is 14.8 Å². The monoisotopic (exact) mass is 324 g/mol. The van der Waals surface area contributed by atoms with Gasteiger partial charge >= 0.3 is 7.12 Å². The summed E-state index contributed by atoms with van der Waals surface area (Å²) in [5.74, 6) is 0.00945. The van der Waals surface area contributed by atoms with Crippen molar-refractivity contribution in [1.82, 2.24) is 0 Å². The van der Waals surface area contributed by atoms with Gasteiger partial charge in [-0.1, -0.05) is 30.3 Å². The van der Waals surface area contributed by atoms with Gasteiger partial charge in [0.1, 0.15) is 0 Å². The molecule has 1 aliphatic rings. The fourth-order valence-corrected chi connectivity index (χ4v) is 3.21. The number of aliphatic hydroxyl groups is 1. The van der Waals surface area contributed by atoms with Gasteiger partial charge in [0.25, 0.3) is 0 Å². The second kappa shape index (κ2) is 6.17. The zero-order valence-corrected chi connectivity index (χ0v) is 14.2. The van der Waals surface area contributed by atoms with E-state index in [1.54, 1.807) is 12.1 Å². The van der Waals surface area contributed by atoms with Crippen molar-refractivity contribution in [1.29, 1.82) is 0 Å². The first kappa shape index (κ1) is 16.9. The van der Waals surface area contributed by atoms with Crippen molar-refractivity contribution in [3.05, 3.63) is 64.2 Å². The van der Waals surface area contributed by atoms with E-state index in [-0.39, 0.29) is 18.8 Å². The topological polar surface area (TPSA) is 66.8 Å². The number of hydrogen-bond donors (Lipinski definition) is 2. The van der Waals surface area contributed by atoms with Crippen molar-refractivity contribution in [2.45, 2.75) is 39.4 Å². The van der Waals surface area contributed by atoms with Crippen LogP contribution in [0.1, 0.15) is 46.5 Å². The van der Waals surface area contributed by atoms with Gasteiger partial charge in [0, 0.05) is 12.0 Å². The zero-order valence-electron chi connectivity index (χ0n) is 14.2. The second-order valence-corrected chi connectivity index (χ2v) is 6.80. The van der Waals surface area contributed by atoms with Crippen LogP contribution in [0.2, 0.25) is 0 Å². The van der Waals surface area contributed by atoms with E-state index in [0.717, 1.165) is 27.7 Å². The first-order valence-corrected chi connectivity index (χ1v) is 8.04. The molecule has 2 aromatic rings. The summed E-state index contributed by atoms with van der Waals surface area (Å²) in [5, 5.41) is 19.3. The van der Waals surface area contributed by atoms with E-state index in [1.165, 1.54) is 0 Å². The molecule has 3 rings (SSSR count). The Balaban J connectivity index is 1.83. The predicted octanol–water partition coefficient (Wildman–Crippen LogP) is 1.87. The maximum Gasteiger partial charge on any atom is 0.492 e. The highest BCUT2D eigenvalue weighted by Crippen LogP contribution is 2.30. The summed E-state index contributed by atoms with van der Waals surface area (Å²) in [6, 6.07) is 11.0. The summed E-state index contributed by atoms with van der Waals surface area (Å²) in [6.07, 6.45) is 0.262. The van der Waals surface area contributed by atoms with Gasteiger partial charge in [-0.2, -0.15) is 0 Å². The lowest BCUT2D eigenvalue weighted by molar-refractivity contribution is 0.0991. The third-order valence-electron chi connectivity index (χ3n) is 4.64. The summed E-state index contributed by atoms with van der Waals surface area (Å²) in [6.45, 7) is 5.68. The third-order valence-corrected chi connectivity index (χ3v) is 4.64. The zero-order chi connectivity index (χ0) is 17.5. The minimum atomic E-state index is -0.948. The maximum absolute atomic E-state index is 12.5. The van der Waals surface area contributed by atoms with Crippen molar-refractivity contribution < 1.29 is 19.6 Å². The Morgan fingerprint density at radius 1 is 1.21 bits per heavy atom. The first-order chi connectivity index (χ1) is 11.3. The largest absolute Gasteiger partial charge is 0.492 e. The van der Waals surface area contributed by atoms with Gasteiger partial charge in [0.05, 0.1) is 12.2 Å². The Morgan fingerprint density at radius 3 is 2.62 bits per heavy atom. The Morgan fingerprint density at radius 2 is 1.96 bits per heavy atom. The minimum Gasteiger partial charge on any atom is -0.423 e. The lowest BCUT2D eigenvalue weighted by Gasteiger charge is -2.19. The van der Waals surface area contributed by atoms with Gasteiger partial charge in [-0.3, -0.25) is 4.79 Å². The predicted molar refractivity (Wildman–Crippen MR) is 93.3 cm³/mol. The molecule has 0 aromatic heterocycles. The van der Waals surface area contributed by atoms with Crippen molar-refractivity contribution >= 4 is 18.4 Å². The van der Waals surface area contributed by atoms with Gasteiger partial charge in [-0.25, -0.2) is 0 Å². The highest BCUT2D eigenvalue weighted by atomic mass is 16.5.